The van der Waals surface area contributed by atoms with Gasteiger partial charge < -0.3 is 16.8 Å². The van der Waals surface area contributed by atoms with E-state index in [4.69, 9.17) is 11.5 Å². The van der Waals surface area contributed by atoms with Gasteiger partial charge in [-0.05, 0) is 29.2 Å². The summed E-state index contributed by atoms with van der Waals surface area (Å²) < 4.78 is 0. The number of anilines is 3. The third-order valence-corrected chi connectivity index (χ3v) is 3.17. The fourth-order valence-corrected chi connectivity index (χ4v) is 2.08. The van der Waals surface area contributed by atoms with Crippen LogP contribution in [0.2, 0.25) is 0 Å². The van der Waals surface area contributed by atoms with Gasteiger partial charge in [-0.15, -0.1) is 0 Å². The molecule has 0 aliphatic rings. The van der Waals surface area contributed by atoms with Crippen LogP contribution in [0.1, 0.15) is 36.8 Å². The van der Waals surface area contributed by atoms with Crippen molar-refractivity contribution in [2.45, 2.75) is 26.2 Å². The summed E-state index contributed by atoms with van der Waals surface area (Å²) in [6.45, 7) is 6.39. The van der Waals surface area contributed by atoms with E-state index in [2.05, 4.69) is 37.1 Å². The number of primary amides is 1. The molecule has 1 heterocycles. The van der Waals surface area contributed by atoms with Crippen molar-refractivity contribution >= 4 is 23.1 Å². The van der Waals surface area contributed by atoms with E-state index in [-0.39, 0.29) is 11.1 Å². The van der Waals surface area contributed by atoms with Crippen molar-refractivity contribution in [1.29, 1.82) is 0 Å². The number of para-hydroxylation sites is 1. The van der Waals surface area contributed by atoms with E-state index < -0.39 is 5.91 Å². The third-order valence-electron chi connectivity index (χ3n) is 3.17. The lowest BCUT2D eigenvalue weighted by Gasteiger charge is -2.23. The molecule has 2 aromatic rings. The Morgan fingerprint density at radius 3 is 2.43 bits per heavy atom. The molecular formula is C16H20N4O. The average Bonchev–Trinajstić information content (AvgIpc) is 2.40. The fraction of sp³-hybridized carbons (Fsp3) is 0.250. The lowest BCUT2D eigenvalue weighted by atomic mass is 9.86. The molecule has 0 aliphatic heterocycles. The predicted molar refractivity (Wildman–Crippen MR) is 85.6 cm³/mol. The molecule has 1 amide bonds. The summed E-state index contributed by atoms with van der Waals surface area (Å²) in [4.78, 5) is 15.4. The molecule has 0 bridgehead atoms. The molecule has 110 valence electrons. The summed E-state index contributed by atoms with van der Waals surface area (Å²) in [5.74, 6) is -0.148. The molecule has 0 fully saturated rings. The molecule has 0 aliphatic carbocycles. The maximum absolute atomic E-state index is 11.2. The maximum Gasteiger partial charge on any atom is 0.267 e. The van der Waals surface area contributed by atoms with Crippen molar-refractivity contribution in [3.63, 3.8) is 0 Å². The summed E-state index contributed by atoms with van der Waals surface area (Å²) in [7, 11) is 0. The van der Waals surface area contributed by atoms with Crippen molar-refractivity contribution in [2.75, 3.05) is 11.1 Å². The van der Waals surface area contributed by atoms with Gasteiger partial charge in [0.05, 0.1) is 5.69 Å². The molecular weight excluding hydrogens is 264 g/mol. The second kappa shape index (κ2) is 5.44. The molecule has 21 heavy (non-hydrogen) atoms. The Bertz CT molecular complexity index is 674. The molecule has 0 spiro atoms. The van der Waals surface area contributed by atoms with Crippen LogP contribution in [-0.4, -0.2) is 10.9 Å². The van der Waals surface area contributed by atoms with Crippen molar-refractivity contribution < 1.29 is 4.79 Å². The van der Waals surface area contributed by atoms with Gasteiger partial charge in [0.15, 0.2) is 5.82 Å². The predicted octanol–water partition coefficient (Wildman–Crippen LogP) is 2.80. The molecule has 0 unspecified atom stereocenters. The lowest BCUT2D eigenvalue weighted by Crippen LogP contribution is -2.16. The number of carbonyl (C=O) groups is 1. The molecule has 1 aromatic carbocycles. The van der Waals surface area contributed by atoms with Gasteiger partial charge in [-0.2, -0.15) is 0 Å². The molecule has 2 rings (SSSR count). The Labute approximate surface area is 124 Å². The number of nitrogens with one attached hydrogen (secondary N) is 1. The van der Waals surface area contributed by atoms with Crippen LogP contribution in [0.15, 0.2) is 36.4 Å². The van der Waals surface area contributed by atoms with Gasteiger partial charge in [-0.25, -0.2) is 4.98 Å². The highest BCUT2D eigenvalue weighted by molar-refractivity contribution is 5.92. The fourth-order valence-electron chi connectivity index (χ4n) is 2.08. The number of hydrogen-bond donors (Lipinski definition) is 3. The van der Waals surface area contributed by atoms with Crippen molar-refractivity contribution in [3.8, 4) is 0 Å². The second-order valence-corrected chi connectivity index (χ2v) is 5.92. The van der Waals surface area contributed by atoms with Gasteiger partial charge in [0.1, 0.15) is 5.69 Å². The van der Waals surface area contributed by atoms with Crippen LogP contribution in [0.4, 0.5) is 17.2 Å². The number of pyridine rings is 1. The van der Waals surface area contributed by atoms with E-state index in [0.717, 1.165) is 11.3 Å². The summed E-state index contributed by atoms with van der Waals surface area (Å²) >= 11 is 0. The van der Waals surface area contributed by atoms with E-state index in [1.165, 1.54) is 6.07 Å². The van der Waals surface area contributed by atoms with Crippen LogP contribution in [0, 0.1) is 0 Å². The SMILES string of the molecule is CC(C)(C)c1ccccc1Nc1nc(C(N)=O)ccc1N. The minimum absolute atomic E-state index is 0.0281. The van der Waals surface area contributed by atoms with Crippen LogP contribution in [0.3, 0.4) is 0 Å². The molecule has 0 atom stereocenters. The highest BCUT2D eigenvalue weighted by Crippen LogP contribution is 2.32. The number of nitrogens with zero attached hydrogens (tertiary/aromatic N) is 1. The second-order valence-electron chi connectivity index (χ2n) is 5.92. The monoisotopic (exact) mass is 284 g/mol. The first-order chi connectivity index (χ1) is 9.79. The van der Waals surface area contributed by atoms with Gasteiger partial charge in [0.25, 0.3) is 5.91 Å². The van der Waals surface area contributed by atoms with E-state index in [1.807, 2.05) is 18.2 Å². The van der Waals surface area contributed by atoms with Gasteiger partial charge >= 0.3 is 0 Å². The Hall–Kier alpha value is -2.56. The van der Waals surface area contributed by atoms with Crippen molar-refractivity contribution in [3.05, 3.63) is 47.7 Å². The molecule has 0 saturated heterocycles. The molecule has 0 saturated carbocycles. The highest BCUT2D eigenvalue weighted by Gasteiger charge is 2.18. The highest BCUT2D eigenvalue weighted by atomic mass is 16.1. The van der Waals surface area contributed by atoms with Crippen LogP contribution in [0.5, 0.6) is 0 Å². The van der Waals surface area contributed by atoms with Crippen molar-refractivity contribution in [2.24, 2.45) is 5.73 Å². The minimum atomic E-state index is -0.581. The topological polar surface area (TPSA) is 94.0 Å². The number of hydrogen-bond acceptors (Lipinski definition) is 4. The van der Waals surface area contributed by atoms with Crippen LogP contribution in [-0.2, 0) is 5.41 Å². The first-order valence-electron chi connectivity index (χ1n) is 6.72. The zero-order valence-electron chi connectivity index (χ0n) is 12.5. The van der Waals surface area contributed by atoms with E-state index in [9.17, 15) is 4.79 Å². The Morgan fingerprint density at radius 2 is 1.81 bits per heavy atom. The Morgan fingerprint density at radius 1 is 1.14 bits per heavy atom. The molecule has 5 N–H and O–H groups in total. The normalized spacial score (nSPS) is 11.2. The Kier molecular flexibility index (Phi) is 3.84. The van der Waals surface area contributed by atoms with Crippen LogP contribution >= 0.6 is 0 Å². The molecule has 5 heteroatoms. The third kappa shape index (κ3) is 3.31. The van der Waals surface area contributed by atoms with E-state index in [0.29, 0.717) is 11.5 Å². The zero-order valence-corrected chi connectivity index (χ0v) is 12.5. The van der Waals surface area contributed by atoms with Crippen LogP contribution < -0.4 is 16.8 Å². The number of rotatable bonds is 3. The molecule has 5 nitrogen and oxygen atoms in total. The van der Waals surface area contributed by atoms with E-state index in [1.54, 1.807) is 6.07 Å². The number of benzene rings is 1. The minimum Gasteiger partial charge on any atom is -0.396 e. The quantitative estimate of drug-likeness (QED) is 0.807. The smallest absolute Gasteiger partial charge is 0.267 e. The largest absolute Gasteiger partial charge is 0.396 e. The average molecular weight is 284 g/mol. The van der Waals surface area contributed by atoms with Gasteiger partial charge in [-0.3, -0.25) is 4.79 Å². The molecule has 0 radical (unpaired) electrons. The number of nitrogen functional groups attached to an aromatic ring is 1. The standard InChI is InChI=1S/C16H20N4O/c1-16(2,3)10-6-4-5-7-12(10)19-15-11(17)8-9-13(20-15)14(18)21/h4-9H,17H2,1-3H3,(H2,18,21)(H,19,20). The number of carbonyl (C=O) groups excluding carboxylic acids is 1. The number of nitrogens with two attached hydrogens (primary N) is 2. The van der Waals surface area contributed by atoms with Gasteiger partial charge in [0.2, 0.25) is 0 Å². The van der Waals surface area contributed by atoms with Crippen molar-refractivity contribution in [1.82, 2.24) is 4.98 Å². The zero-order chi connectivity index (χ0) is 15.6. The Balaban J connectivity index is 2.44. The molecule has 1 aromatic heterocycles. The van der Waals surface area contributed by atoms with E-state index >= 15 is 0 Å². The first-order valence-corrected chi connectivity index (χ1v) is 6.72. The number of aromatic nitrogens is 1. The van der Waals surface area contributed by atoms with Gasteiger partial charge in [0, 0.05) is 5.69 Å². The summed E-state index contributed by atoms with van der Waals surface area (Å²) in [6.07, 6.45) is 0. The van der Waals surface area contributed by atoms with Crippen LogP contribution in [0.25, 0.3) is 0 Å². The lowest BCUT2D eigenvalue weighted by molar-refractivity contribution is 0.0996. The number of amides is 1. The summed E-state index contributed by atoms with van der Waals surface area (Å²) in [6, 6.07) is 11.1. The summed E-state index contributed by atoms with van der Waals surface area (Å²) in [5.41, 5.74) is 13.8. The first kappa shape index (κ1) is 14.8. The summed E-state index contributed by atoms with van der Waals surface area (Å²) in [5, 5.41) is 3.20. The maximum atomic E-state index is 11.2. The van der Waals surface area contributed by atoms with Gasteiger partial charge in [-0.1, -0.05) is 39.0 Å².